The molecule has 0 aliphatic carbocycles. The van der Waals surface area contributed by atoms with E-state index in [1.54, 1.807) is 46.1 Å². The summed E-state index contributed by atoms with van der Waals surface area (Å²) >= 11 is 0. The van der Waals surface area contributed by atoms with E-state index in [0.29, 0.717) is 36.7 Å². The maximum Gasteiger partial charge on any atom is 0.253 e. The summed E-state index contributed by atoms with van der Waals surface area (Å²) in [7, 11) is 1.24. The Morgan fingerprint density at radius 2 is 1.59 bits per heavy atom. The molecule has 2 aromatic rings. The van der Waals surface area contributed by atoms with Gasteiger partial charge in [-0.1, -0.05) is 26.0 Å². The normalized spacial score (nSPS) is 11.4. The van der Waals surface area contributed by atoms with Crippen LogP contribution in [0.2, 0.25) is 0 Å². The van der Waals surface area contributed by atoms with E-state index in [9.17, 15) is 13.2 Å². The third-order valence-electron chi connectivity index (χ3n) is 4.68. The van der Waals surface area contributed by atoms with Gasteiger partial charge >= 0.3 is 0 Å². The second kappa shape index (κ2) is 9.76. The lowest BCUT2D eigenvalue weighted by atomic mass is 10.1. The number of methoxy groups -OCH3 is 2. The van der Waals surface area contributed by atoms with E-state index in [0.717, 1.165) is 5.56 Å². The SMILES string of the molecule is CCN(CC)S(=O)(=O)c1ccc(C(=O)N(C)Cc2cccc(OC)c2OC)cc1. The third kappa shape index (κ3) is 4.89. The quantitative estimate of drug-likeness (QED) is 0.623. The summed E-state index contributed by atoms with van der Waals surface area (Å²) in [6.45, 7) is 4.69. The van der Waals surface area contributed by atoms with Crippen LogP contribution < -0.4 is 9.47 Å². The highest BCUT2D eigenvalue weighted by Gasteiger charge is 2.22. The average Bonchev–Trinajstić information content (AvgIpc) is 2.73. The molecule has 0 aliphatic heterocycles. The molecule has 0 radical (unpaired) electrons. The molecule has 0 spiro atoms. The predicted octanol–water partition coefficient (Wildman–Crippen LogP) is 3.01. The molecule has 0 aromatic heterocycles. The van der Waals surface area contributed by atoms with E-state index in [1.165, 1.54) is 28.6 Å². The van der Waals surface area contributed by atoms with Crippen LogP contribution in [0.4, 0.5) is 0 Å². The number of sulfonamides is 1. The smallest absolute Gasteiger partial charge is 0.253 e. The van der Waals surface area contributed by atoms with Crippen LogP contribution in [0.1, 0.15) is 29.8 Å². The van der Waals surface area contributed by atoms with Gasteiger partial charge < -0.3 is 14.4 Å². The van der Waals surface area contributed by atoms with Gasteiger partial charge in [0.15, 0.2) is 11.5 Å². The lowest BCUT2D eigenvalue weighted by Gasteiger charge is -2.21. The monoisotopic (exact) mass is 420 g/mol. The number of benzene rings is 2. The number of amides is 1. The summed E-state index contributed by atoms with van der Waals surface area (Å²) in [5, 5.41) is 0. The Balaban J connectivity index is 2.21. The van der Waals surface area contributed by atoms with Crippen LogP contribution in [0.15, 0.2) is 47.4 Å². The molecule has 0 atom stereocenters. The van der Waals surface area contributed by atoms with Gasteiger partial charge in [-0.2, -0.15) is 4.31 Å². The van der Waals surface area contributed by atoms with Crippen LogP contribution in [0.3, 0.4) is 0 Å². The van der Waals surface area contributed by atoms with Crippen molar-refractivity contribution in [2.75, 3.05) is 34.4 Å². The van der Waals surface area contributed by atoms with E-state index in [1.807, 2.05) is 12.1 Å². The molecule has 0 N–H and O–H groups in total. The van der Waals surface area contributed by atoms with E-state index < -0.39 is 10.0 Å². The van der Waals surface area contributed by atoms with Gasteiger partial charge in [0, 0.05) is 37.8 Å². The molecule has 2 rings (SSSR count). The van der Waals surface area contributed by atoms with Crippen molar-refractivity contribution in [2.24, 2.45) is 0 Å². The van der Waals surface area contributed by atoms with Crippen LogP contribution in [0.25, 0.3) is 0 Å². The van der Waals surface area contributed by atoms with Gasteiger partial charge in [0.2, 0.25) is 10.0 Å². The Hall–Kier alpha value is -2.58. The predicted molar refractivity (Wildman–Crippen MR) is 112 cm³/mol. The summed E-state index contributed by atoms with van der Waals surface area (Å²) in [6, 6.07) is 11.5. The molecule has 1 amide bonds. The van der Waals surface area contributed by atoms with E-state index in [2.05, 4.69) is 0 Å². The molecule has 8 heteroatoms. The zero-order valence-electron chi connectivity index (χ0n) is 17.5. The van der Waals surface area contributed by atoms with Gasteiger partial charge in [-0.3, -0.25) is 4.79 Å². The molecule has 7 nitrogen and oxygen atoms in total. The van der Waals surface area contributed by atoms with Crippen molar-refractivity contribution >= 4 is 15.9 Å². The second-order valence-corrected chi connectivity index (χ2v) is 8.37. The first-order valence-electron chi connectivity index (χ1n) is 9.35. The van der Waals surface area contributed by atoms with Crippen LogP contribution in [-0.2, 0) is 16.6 Å². The molecule has 29 heavy (non-hydrogen) atoms. The number of hydrogen-bond acceptors (Lipinski definition) is 5. The molecular formula is C21H28N2O5S. The highest BCUT2D eigenvalue weighted by Crippen LogP contribution is 2.31. The lowest BCUT2D eigenvalue weighted by Crippen LogP contribution is -2.30. The van der Waals surface area contributed by atoms with Crippen LogP contribution in [-0.4, -0.2) is 57.9 Å². The zero-order valence-corrected chi connectivity index (χ0v) is 18.3. The van der Waals surface area contributed by atoms with Gasteiger partial charge in [-0.05, 0) is 30.3 Å². The Morgan fingerprint density at radius 1 is 0.966 bits per heavy atom. The molecule has 0 heterocycles. The summed E-state index contributed by atoms with van der Waals surface area (Å²) in [5.74, 6) is 0.953. The molecule has 0 unspecified atom stereocenters. The van der Waals surface area contributed by atoms with Crippen molar-refractivity contribution in [2.45, 2.75) is 25.3 Å². The molecule has 2 aromatic carbocycles. The largest absolute Gasteiger partial charge is 0.493 e. The second-order valence-electron chi connectivity index (χ2n) is 6.43. The molecule has 0 aliphatic rings. The van der Waals surface area contributed by atoms with Crippen molar-refractivity contribution in [3.8, 4) is 11.5 Å². The summed E-state index contributed by atoms with van der Waals surface area (Å²) in [4.78, 5) is 14.5. The number of carbonyl (C=O) groups is 1. The lowest BCUT2D eigenvalue weighted by molar-refractivity contribution is 0.0784. The number of nitrogens with zero attached hydrogens (tertiary/aromatic N) is 2. The molecule has 0 bridgehead atoms. The first-order chi connectivity index (χ1) is 13.8. The first kappa shape index (κ1) is 22.7. The van der Waals surface area contributed by atoms with Gasteiger partial charge in [-0.15, -0.1) is 0 Å². The van der Waals surface area contributed by atoms with Crippen LogP contribution in [0, 0.1) is 0 Å². The van der Waals surface area contributed by atoms with Gasteiger partial charge in [0.25, 0.3) is 5.91 Å². The Kier molecular flexibility index (Phi) is 7.64. The topological polar surface area (TPSA) is 76.2 Å². The first-order valence-corrected chi connectivity index (χ1v) is 10.8. The minimum atomic E-state index is -3.55. The van der Waals surface area contributed by atoms with Crippen molar-refractivity contribution in [1.82, 2.24) is 9.21 Å². The molecule has 0 saturated carbocycles. The fourth-order valence-corrected chi connectivity index (χ4v) is 4.57. The molecule has 158 valence electrons. The van der Waals surface area contributed by atoms with Gasteiger partial charge in [0.1, 0.15) is 0 Å². The number of hydrogen-bond donors (Lipinski definition) is 0. The number of para-hydroxylation sites is 1. The maximum atomic E-state index is 12.8. The fourth-order valence-electron chi connectivity index (χ4n) is 3.11. The minimum absolute atomic E-state index is 0.176. The summed E-state index contributed by atoms with van der Waals surface area (Å²) in [5.41, 5.74) is 1.22. The van der Waals surface area contributed by atoms with Crippen molar-refractivity contribution < 1.29 is 22.7 Å². The Labute approximate surface area is 172 Å². The molecule has 0 saturated heterocycles. The van der Waals surface area contributed by atoms with E-state index in [-0.39, 0.29) is 10.8 Å². The summed E-state index contributed by atoms with van der Waals surface area (Å²) < 4.78 is 37.3. The van der Waals surface area contributed by atoms with Gasteiger partial charge in [0.05, 0.1) is 19.1 Å². The Bertz CT molecular complexity index is 938. The van der Waals surface area contributed by atoms with E-state index >= 15 is 0 Å². The molecular weight excluding hydrogens is 392 g/mol. The maximum absolute atomic E-state index is 12.8. The highest BCUT2D eigenvalue weighted by molar-refractivity contribution is 7.89. The number of carbonyl (C=O) groups excluding carboxylic acids is 1. The van der Waals surface area contributed by atoms with Crippen LogP contribution >= 0.6 is 0 Å². The van der Waals surface area contributed by atoms with E-state index in [4.69, 9.17) is 9.47 Å². The fraction of sp³-hybridized carbons (Fsp3) is 0.381. The highest BCUT2D eigenvalue weighted by atomic mass is 32.2. The van der Waals surface area contributed by atoms with Crippen molar-refractivity contribution in [1.29, 1.82) is 0 Å². The summed E-state index contributed by atoms with van der Waals surface area (Å²) in [6.07, 6.45) is 0. The molecule has 0 fully saturated rings. The van der Waals surface area contributed by atoms with Gasteiger partial charge in [-0.25, -0.2) is 8.42 Å². The standard InChI is InChI=1S/C21H28N2O5S/c1-6-23(7-2)29(25,26)18-13-11-16(12-14-18)21(24)22(3)15-17-9-8-10-19(27-4)20(17)28-5/h8-14H,6-7,15H2,1-5H3. The van der Waals surface area contributed by atoms with Crippen molar-refractivity contribution in [3.05, 3.63) is 53.6 Å². The minimum Gasteiger partial charge on any atom is -0.493 e. The third-order valence-corrected chi connectivity index (χ3v) is 6.75. The number of rotatable bonds is 9. The zero-order chi connectivity index (χ0) is 21.6. The average molecular weight is 421 g/mol. The number of ether oxygens (including phenoxy) is 2. The van der Waals surface area contributed by atoms with Crippen LogP contribution in [0.5, 0.6) is 11.5 Å². The van der Waals surface area contributed by atoms with Crippen molar-refractivity contribution in [3.63, 3.8) is 0 Å². The Morgan fingerprint density at radius 3 is 2.10 bits per heavy atom.